The van der Waals surface area contributed by atoms with Gasteiger partial charge < -0.3 is 9.15 Å². The zero-order valence-corrected chi connectivity index (χ0v) is 10.6. The predicted octanol–water partition coefficient (Wildman–Crippen LogP) is 3.74. The van der Waals surface area contributed by atoms with Crippen molar-refractivity contribution < 1.29 is 9.15 Å². The standard InChI is InChI=1S/C14H11NO2S/c1-16-11-8-6-10(7-9-11)15-14-17-12-4-2-3-5-13(12)18-14/h2-9H,1H3. The third kappa shape index (κ3) is 2.15. The Morgan fingerprint density at radius 3 is 2.56 bits per heavy atom. The van der Waals surface area contributed by atoms with Crippen molar-refractivity contribution in [3.8, 4) is 5.75 Å². The number of ether oxygens (including phenoxy) is 1. The van der Waals surface area contributed by atoms with Gasteiger partial charge in [-0.2, -0.15) is 0 Å². The molecule has 18 heavy (non-hydrogen) atoms. The number of para-hydroxylation sites is 1. The maximum Gasteiger partial charge on any atom is 0.279 e. The summed E-state index contributed by atoms with van der Waals surface area (Å²) in [5.74, 6) is 0.822. The Morgan fingerprint density at radius 2 is 1.83 bits per heavy atom. The van der Waals surface area contributed by atoms with E-state index in [9.17, 15) is 0 Å². The molecule has 0 atom stereocenters. The van der Waals surface area contributed by atoms with Gasteiger partial charge >= 0.3 is 0 Å². The molecule has 0 aliphatic carbocycles. The van der Waals surface area contributed by atoms with E-state index in [2.05, 4.69) is 4.99 Å². The third-order valence-corrected chi connectivity index (χ3v) is 3.44. The second-order valence-electron chi connectivity index (χ2n) is 3.73. The van der Waals surface area contributed by atoms with Crippen LogP contribution in [0.4, 0.5) is 5.69 Å². The molecule has 4 heteroatoms. The number of hydrogen-bond donors (Lipinski definition) is 0. The van der Waals surface area contributed by atoms with E-state index in [1.807, 2.05) is 48.5 Å². The highest BCUT2D eigenvalue weighted by Gasteiger charge is 1.99. The minimum absolute atomic E-state index is 0.654. The smallest absolute Gasteiger partial charge is 0.279 e. The molecule has 0 aliphatic heterocycles. The SMILES string of the molecule is COc1ccc(N=c2oc3ccccc3s2)cc1. The van der Waals surface area contributed by atoms with Gasteiger partial charge in [-0.3, -0.25) is 0 Å². The zero-order chi connectivity index (χ0) is 12.4. The number of hydrogen-bond acceptors (Lipinski definition) is 4. The fraction of sp³-hybridized carbons (Fsp3) is 0.0714. The molecule has 3 rings (SSSR count). The van der Waals surface area contributed by atoms with Crippen LogP contribution in [0.15, 0.2) is 57.9 Å². The van der Waals surface area contributed by atoms with Gasteiger partial charge in [0.05, 0.1) is 17.5 Å². The van der Waals surface area contributed by atoms with Gasteiger partial charge in [-0.1, -0.05) is 23.5 Å². The van der Waals surface area contributed by atoms with Gasteiger partial charge in [-0.05, 0) is 36.4 Å². The van der Waals surface area contributed by atoms with Gasteiger partial charge in [0.2, 0.25) is 0 Å². The summed E-state index contributed by atoms with van der Waals surface area (Å²) < 4.78 is 11.9. The molecule has 0 fully saturated rings. The predicted molar refractivity (Wildman–Crippen MR) is 72.3 cm³/mol. The van der Waals surface area contributed by atoms with E-state index in [0.717, 1.165) is 21.7 Å². The van der Waals surface area contributed by atoms with Crippen LogP contribution in [0.1, 0.15) is 0 Å². The molecule has 0 bridgehead atoms. The van der Waals surface area contributed by atoms with Crippen molar-refractivity contribution in [1.82, 2.24) is 0 Å². The summed E-state index contributed by atoms with van der Waals surface area (Å²) in [5.41, 5.74) is 1.72. The van der Waals surface area contributed by atoms with Gasteiger partial charge in [-0.25, -0.2) is 4.99 Å². The van der Waals surface area contributed by atoms with Crippen LogP contribution >= 0.6 is 11.3 Å². The van der Waals surface area contributed by atoms with Gasteiger partial charge in [0.25, 0.3) is 4.87 Å². The van der Waals surface area contributed by atoms with Crippen LogP contribution in [-0.4, -0.2) is 7.11 Å². The van der Waals surface area contributed by atoms with Gasteiger partial charge in [0.1, 0.15) is 11.3 Å². The molecule has 0 spiro atoms. The molecular weight excluding hydrogens is 246 g/mol. The molecule has 1 heterocycles. The lowest BCUT2D eigenvalue weighted by Gasteiger charge is -1.97. The van der Waals surface area contributed by atoms with Crippen LogP contribution in [0, 0.1) is 0 Å². The van der Waals surface area contributed by atoms with E-state index in [-0.39, 0.29) is 0 Å². The Balaban J connectivity index is 2.04. The highest BCUT2D eigenvalue weighted by atomic mass is 32.1. The molecule has 0 N–H and O–H groups in total. The summed E-state index contributed by atoms with van der Waals surface area (Å²) in [5, 5.41) is 0. The van der Waals surface area contributed by atoms with E-state index < -0.39 is 0 Å². The van der Waals surface area contributed by atoms with E-state index in [1.165, 1.54) is 11.3 Å². The summed E-state index contributed by atoms with van der Waals surface area (Å²) in [7, 11) is 1.65. The Kier molecular flexibility index (Phi) is 2.86. The second-order valence-corrected chi connectivity index (χ2v) is 4.72. The molecule has 0 amide bonds. The molecule has 0 unspecified atom stereocenters. The van der Waals surface area contributed by atoms with E-state index >= 15 is 0 Å². The third-order valence-electron chi connectivity index (χ3n) is 2.54. The lowest BCUT2D eigenvalue weighted by atomic mass is 10.3. The minimum atomic E-state index is 0.654. The number of nitrogens with zero attached hydrogens (tertiary/aromatic N) is 1. The van der Waals surface area contributed by atoms with Crippen molar-refractivity contribution in [1.29, 1.82) is 0 Å². The summed E-state index contributed by atoms with van der Waals surface area (Å²) in [6.45, 7) is 0. The molecule has 0 radical (unpaired) electrons. The molecule has 3 aromatic rings. The van der Waals surface area contributed by atoms with Crippen LogP contribution < -0.4 is 9.60 Å². The molecule has 0 saturated heterocycles. The van der Waals surface area contributed by atoms with Crippen molar-refractivity contribution in [2.75, 3.05) is 7.11 Å². The number of rotatable bonds is 2. The Labute approximate surface area is 108 Å². The maximum absolute atomic E-state index is 5.65. The second kappa shape index (κ2) is 4.66. The number of benzene rings is 2. The van der Waals surface area contributed by atoms with Crippen LogP contribution in [-0.2, 0) is 0 Å². The van der Waals surface area contributed by atoms with Crippen LogP contribution in [0.5, 0.6) is 5.75 Å². The summed E-state index contributed by atoms with van der Waals surface area (Å²) in [4.78, 5) is 5.10. The van der Waals surface area contributed by atoms with Crippen LogP contribution in [0.3, 0.4) is 0 Å². The fourth-order valence-electron chi connectivity index (χ4n) is 1.64. The minimum Gasteiger partial charge on any atom is -0.497 e. The lowest BCUT2D eigenvalue weighted by Crippen LogP contribution is -1.87. The van der Waals surface area contributed by atoms with Crippen molar-refractivity contribution in [3.05, 3.63) is 53.4 Å². The highest BCUT2D eigenvalue weighted by Crippen LogP contribution is 2.19. The Morgan fingerprint density at radius 1 is 1.06 bits per heavy atom. The van der Waals surface area contributed by atoms with E-state index in [0.29, 0.717) is 4.87 Å². The average molecular weight is 257 g/mol. The molecule has 3 nitrogen and oxygen atoms in total. The first-order valence-corrected chi connectivity index (χ1v) is 6.34. The Hall–Kier alpha value is -2.07. The molecule has 90 valence electrons. The first kappa shape index (κ1) is 11.0. The van der Waals surface area contributed by atoms with Crippen LogP contribution in [0.25, 0.3) is 10.3 Å². The molecular formula is C14H11NO2S. The van der Waals surface area contributed by atoms with Gasteiger partial charge in [0.15, 0.2) is 0 Å². The largest absolute Gasteiger partial charge is 0.497 e. The summed E-state index contributed by atoms with van der Waals surface area (Å²) >= 11 is 1.54. The van der Waals surface area contributed by atoms with Crippen molar-refractivity contribution in [2.24, 2.45) is 4.99 Å². The van der Waals surface area contributed by atoms with E-state index in [4.69, 9.17) is 9.15 Å². The molecule has 2 aromatic carbocycles. The quantitative estimate of drug-likeness (QED) is 0.701. The topological polar surface area (TPSA) is 34.7 Å². The monoisotopic (exact) mass is 257 g/mol. The average Bonchev–Trinajstić information content (AvgIpc) is 2.82. The molecule has 1 aromatic heterocycles. The molecule has 0 aliphatic rings. The zero-order valence-electron chi connectivity index (χ0n) is 9.79. The highest BCUT2D eigenvalue weighted by molar-refractivity contribution is 7.16. The van der Waals surface area contributed by atoms with Crippen molar-refractivity contribution >= 4 is 27.3 Å². The number of methoxy groups -OCH3 is 1. The fourth-order valence-corrected chi connectivity index (χ4v) is 2.46. The van der Waals surface area contributed by atoms with Gasteiger partial charge in [-0.15, -0.1) is 0 Å². The normalized spacial score (nSPS) is 11.9. The first-order valence-electron chi connectivity index (χ1n) is 5.52. The van der Waals surface area contributed by atoms with Gasteiger partial charge in [0, 0.05) is 0 Å². The summed E-state index contributed by atoms with van der Waals surface area (Å²) in [6.07, 6.45) is 0. The molecule has 0 saturated carbocycles. The van der Waals surface area contributed by atoms with Crippen molar-refractivity contribution in [2.45, 2.75) is 0 Å². The Bertz CT molecular complexity index is 689. The van der Waals surface area contributed by atoms with E-state index in [1.54, 1.807) is 7.11 Å². The maximum atomic E-state index is 5.65. The lowest BCUT2D eigenvalue weighted by molar-refractivity contribution is 0.415. The number of fused-ring (bicyclic) bond motifs is 1. The van der Waals surface area contributed by atoms with Crippen molar-refractivity contribution in [3.63, 3.8) is 0 Å². The van der Waals surface area contributed by atoms with Crippen LogP contribution in [0.2, 0.25) is 0 Å². The summed E-state index contributed by atoms with van der Waals surface area (Å²) in [6, 6.07) is 15.5. The first-order chi connectivity index (χ1) is 8.85.